The SMILES string of the molecule is C#Cc1cccc2cc([C@H](C)NC(=O)c3c(C)nn4cccnc34)n(-c3ccccc3)c(=O)c12.Cc1nn2cccnc2c1C(=O)N[C@@H](C)c1cc2cccc(/C=C/c3ccccc3)c2c(=O)n1-c1ccccc1.Cc1nn2cccnc2c1C(=O)N[C@@H](C)c1cc2cccc(C#C[Si](C)(C)C)c2c(=O)n1-c1ccccc1. The van der Waals surface area contributed by atoms with E-state index in [2.05, 4.69) is 83.2 Å². The highest BCUT2D eigenvalue weighted by Gasteiger charge is 2.28. The number of fused-ring (bicyclic) bond motifs is 6. The van der Waals surface area contributed by atoms with Crippen LogP contribution in [0.1, 0.15) is 126 Å². The van der Waals surface area contributed by atoms with Crippen molar-refractivity contribution in [3.8, 4) is 40.9 Å². The van der Waals surface area contributed by atoms with Crippen LogP contribution in [0.2, 0.25) is 19.6 Å². The van der Waals surface area contributed by atoms with E-state index < -0.39 is 26.2 Å². The third-order valence-electron chi connectivity index (χ3n) is 19.0. The summed E-state index contributed by atoms with van der Waals surface area (Å²) < 4.78 is 9.73. The van der Waals surface area contributed by atoms with Gasteiger partial charge in [0.15, 0.2) is 16.9 Å². The first-order valence-corrected chi connectivity index (χ1v) is 39.9. The predicted molar refractivity (Wildman–Crippen MR) is 443 cm³/mol. The number of nitrogens with one attached hydrogen (secondary N) is 3. The van der Waals surface area contributed by atoms with Gasteiger partial charge in [0.25, 0.3) is 34.4 Å². The summed E-state index contributed by atoms with van der Waals surface area (Å²) in [6, 6.07) is 64.9. The van der Waals surface area contributed by atoms with Gasteiger partial charge in [-0.2, -0.15) is 15.3 Å². The van der Waals surface area contributed by atoms with Crippen LogP contribution in [0.25, 0.3) is 78.5 Å². The van der Waals surface area contributed by atoms with Crippen molar-refractivity contribution in [1.82, 2.24) is 73.4 Å². The molecule has 22 heteroatoms. The highest BCUT2D eigenvalue weighted by Crippen LogP contribution is 2.30. The minimum Gasteiger partial charge on any atom is -0.344 e. The van der Waals surface area contributed by atoms with E-state index in [9.17, 15) is 28.8 Å². The summed E-state index contributed by atoms with van der Waals surface area (Å²) in [4.78, 5) is 95.3. The molecule has 0 bridgehead atoms. The maximum atomic E-state index is 14.2. The quantitative estimate of drug-likeness (QED) is 0.0523. The summed E-state index contributed by atoms with van der Waals surface area (Å²) in [6.07, 6.45) is 19.8. The van der Waals surface area contributed by atoms with Crippen molar-refractivity contribution in [2.45, 2.75) is 79.3 Å². The largest absolute Gasteiger partial charge is 0.344 e. The summed E-state index contributed by atoms with van der Waals surface area (Å²) >= 11 is 0. The third-order valence-corrected chi connectivity index (χ3v) is 19.9. The molecule has 7 aromatic carbocycles. The second-order valence-corrected chi connectivity index (χ2v) is 32.8. The first-order chi connectivity index (χ1) is 54.1. The van der Waals surface area contributed by atoms with Gasteiger partial charge in [0.2, 0.25) is 0 Å². The monoisotopic (exact) mass is 1490 g/mol. The van der Waals surface area contributed by atoms with Crippen molar-refractivity contribution in [2.24, 2.45) is 0 Å². The Kier molecular flexibility index (Phi) is 21.1. The fourth-order valence-corrected chi connectivity index (χ4v) is 14.4. The van der Waals surface area contributed by atoms with Crippen molar-refractivity contribution in [3.05, 3.63) is 354 Å². The van der Waals surface area contributed by atoms with E-state index in [1.807, 2.05) is 221 Å². The maximum Gasteiger partial charge on any atom is 0.264 e. The minimum atomic E-state index is -1.65. The molecule has 0 spiro atoms. The average molecular weight is 1490 g/mol. The number of terminal acetylenes is 1. The van der Waals surface area contributed by atoms with Crippen LogP contribution in [0.4, 0.5) is 0 Å². The zero-order valence-corrected chi connectivity index (χ0v) is 64.0. The Morgan fingerprint density at radius 1 is 0.420 bits per heavy atom. The Bertz CT molecular complexity index is 6680. The number of rotatable bonds is 14. The molecule has 0 aliphatic carbocycles. The van der Waals surface area contributed by atoms with Crippen LogP contribution in [0.3, 0.4) is 0 Å². The smallest absolute Gasteiger partial charge is 0.264 e. The fraction of sp³-hybridized carbons (Fsp3) is 0.133. The Morgan fingerprint density at radius 2 is 0.759 bits per heavy atom. The maximum absolute atomic E-state index is 14.2. The van der Waals surface area contributed by atoms with Gasteiger partial charge < -0.3 is 16.0 Å². The van der Waals surface area contributed by atoms with Crippen LogP contribution in [-0.2, 0) is 0 Å². The molecule has 0 aliphatic rings. The van der Waals surface area contributed by atoms with Crippen LogP contribution in [0.5, 0.6) is 0 Å². The minimum absolute atomic E-state index is 0.151. The molecule has 16 aromatic rings. The van der Waals surface area contributed by atoms with Gasteiger partial charge in [0, 0.05) is 82.5 Å². The van der Waals surface area contributed by atoms with Crippen LogP contribution < -0.4 is 32.6 Å². The van der Waals surface area contributed by atoms with Crippen LogP contribution in [-0.4, -0.2) is 83.3 Å². The van der Waals surface area contributed by atoms with Gasteiger partial charge in [-0.15, -0.1) is 12.0 Å². The molecule has 9 aromatic heterocycles. The van der Waals surface area contributed by atoms with E-state index >= 15 is 0 Å². The summed E-state index contributed by atoms with van der Waals surface area (Å²) in [5, 5.41) is 26.4. The van der Waals surface area contributed by atoms with Gasteiger partial charge in [-0.05, 0) is 154 Å². The summed E-state index contributed by atoms with van der Waals surface area (Å²) in [5.41, 5.74) is 14.5. The second-order valence-electron chi connectivity index (χ2n) is 28.0. The topological polar surface area (TPSA) is 244 Å². The number of aromatic nitrogens is 12. The first kappa shape index (κ1) is 74.4. The Hall–Kier alpha value is -14.5. The van der Waals surface area contributed by atoms with E-state index in [1.54, 1.807) is 109 Å². The van der Waals surface area contributed by atoms with E-state index in [-0.39, 0.29) is 34.4 Å². The lowest BCUT2D eigenvalue weighted by Gasteiger charge is -2.21. The van der Waals surface area contributed by atoms with Crippen molar-refractivity contribution in [1.29, 1.82) is 0 Å². The lowest BCUT2D eigenvalue weighted by Crippen LogP contribution is -2.32. The van der Waals surface area contributed by atoms with Crippen LogP contribution >= 0.6 is 0 Å². The number of nitrogens with zero attached hydrogens (tertiary/aromatic N) is 12. The molecule has 0 saturated heterocycles. The van der Waals surface area contributed by atoms with Gasteiger partial charge in [-0.1, -0.05) is 171 Å². The summed E-state index contributed by atoms with van der Waals surface area (Å²) in [6.45, 7) is 17.5. The molecule has 112 heavy (non-hydrogen) atoms. The van der Waals surface area contributed by atoms with Gasteiger partial charge in [0.05, 0.1) is 51.4 Å². The third kappa shape index (κ3) is 15.1. The van der Waals surface area contributed by atoms with Gasteiger partial charge in [0.1, 0.15) is 24.8 Å². The Morgan fingerprint density at radius 3 is 1.13 bits per heavy atom. The number of amides is 3. The highest BCUT2D eigenvalue weighted by molar-refractivity contribution is 6.83. The lowest BCUT2D eigenvalue weighted by molar-refractivity contribution is 0.0931. The van der Waals surface area contributed by atoms with Gasteiger partial charge in [-0.25, -0.2) is 28.5 Å². The molecular weight excluding hydrogens is 1420 g/mol. The molecule has 9 heterocycles. The molecule has 16 rings (SSSR count). The molecule has 552 valence electrons. The van der Waals surface area contributed by atoms with E-state index in [0.717, 1.165) is 44.2 Å². The number of carbonyl (C=O) groups excluding carboxylic acids is 3. The molecule has 0 fully saturated rings. The first-order valence-electron chi connectivity index (χ1n) is 36.4. The average Bonchev–Trinajstić information content (AvgIpc) is 1.38. The second kappa shape index (κ2) is 31.8. The lowest BCUT2D eigenvalue weighted by atomic mass is 10.0. The van der Waals surface area contributed by atoms with Gasteiger partial charge >= 0.3 is 0 Å². The normalized spacial score (nSPS) is 12.1. The molecular formula is C90H77N15O6Si. The number of benzene rings is 7. The number of carbonyl (C=O) groups is 3. The zero-order chi connectivity index (χ0) is 78.5. The summed E-state index contributed by atoms with van der Waals surface area (Å²) in [7, 11) is -1.65. The number of para-hydroxylation sites is 3. The number of hydrogen-bond acceptors (Lipinski definition) is 12. The number of hydrogen-bond donors (Lipinski definition) is 3. The summed E-state index contributed by atoms with van der Waals surface area (Å²) in [5.74, 6) is 4.98. The molecule has 0 radical (unpaired) electrons. The van der Waals surface area contributed by atoms with Crippen molar-refractivity contribution >= 4 is 87.2 Å². The number of pyridine rings is 3. The molecule has 3 N–H and O–H groups in total. The molecule has 3 amide bonds. The molecule has 0 aliphatic heterocycles. The fourth-order valence-electron chi connectivity index (χ4n) is 13.8. The molecule has 0 unspecified atom stereocenters. The van der Waals surface area contributed by atoms with Crippen molar-refractivity contribution < 1.29 is 14.4 Å². The van der Waals surface area contributed by atoms with Crippen molar-refractivity contribution in [2.75, 3.05) is 0 Å². The number of aryl methyl sites for hydroxylation is 3. The Balaban J connectivity index is 0.000000140. The van der Waals surface area contributed by atoms with Crippen LogP contribution in [0.15, 0.2) is 264 Å². The van der Waals surface area contributed by atoms with Crippen molar-refractivity contribution in [3.63, 3.8) is 0 Å². The van der Waals surface area contributed by atoms with E-state index in [0.29, 0.717) is 95.2 Å². The van der Waals surface area contributed by atoms with Crippen LogP contribution in [0, 0.1) is 44.6 Å². The van der Waals surface area contributed by atoms with E-state index in [1.165, 1.54) is 0 Å². The standard InChI is InChI=1S/C33H27N5O2.C30H29N5O2Si.C27H21N5O2/c1-22(35-32(39)29-23(2)36-37-20-10-19-34-31(29)37)28-21-26-14-9-13-25(18-17-24-11-5-3-6-12-24)30(26)33(40)38(28)27-15-7-4-8-16-27;1-20(32-29(36)26-21(2)33-34-17-10-16-31-28(26)34)25-19-23-12-9-11-22(15-18-38(3,4)5)27(23)30(37)35(25)24-13-7-6-8-14-24;1-4-19-10-8-11-20-16-22(32(27(34)24(19)20)21-12-6-5-7-13-21)17(2)29-26(33)23-18(3)30-31-15-9-14-28-25(23)31/h3-22H,1-2H3,(H,35,39);6-14,16-17,19-20H,1-5H3,(H,32,36);1,5-17H,2-3H3,(H,29,33)/b18-17+;;/t22-;20-;17-/m000/s1. The Labute approximate surface area is 645 Å². The highest BCUT2D eigenvalue weighted by atomic mass is 28.3. The molecule has 0 saturated carbocycles. The zero-order valence-electron chi connectivity index (χ0n) is 63.0. The molecule has 3 atom stereocenters. The van der Waals surface area contributed by atoms with Gasteiger partial charge in [-0.3, -0.25) is 42.5 Å². The molecule has 21 nitrogen and oxygen atoms in total. The van der Waals surface area contributed by atoms with E-state index in [4.69, 9.17) is 6.42 Å². The predicted octanol–water partition coefficient (Wildman–Crippen LogP) is 14.9.